The number of alkyl halides is 3. The van der Waals surface area contributed by atoms with E-state index in [4.69, 9.17) is 0 Å². The second-order valence-electron chi connectivity index (χ2n) is 7.58. The first kappa shape index (κ1) is 23.9. The van der Waals surface area contributed by atoms with Gasteiger partial charge in [0.25, 0.3) is 5.69 Å². The van der Waals surface area contributed by atoms with Gasteiger partial charge in [0.15, 0.2) is 5.69 Å². The molecule has 4 rings (SSSR count). The van der Waals surface area contributed by atoms with Crippen LogP contribution >= 0.6 is 0 Å². The molecule has 0 saturated heterocycles. The Hall–Kier alpha value is -4.28. The number of hydrogen-bond acceptors (Lipinski definition) is 2. The summed E-state index contributed by atoms with van der Waals surface area (Å²) < 4.78 is 82.2. The molecular weight excluding hydrogens is 476 g/mol. The summed E-state index contributed by atoms with van der Waals surface area (Å²) in [4.78, 5) is 15.4. The Labute approximate surface area is 194 Å². The first-order valence-corrected chi connectivity index (χ1v) is 10.0. The van der Waals surface area contributed by atoms with Crippen LogP contribution in [0.25, 0.3) is 22.5 Å². The molecule has 180 valence electrons. The van der Waals surface area contributed by atoms with E-state index in [9.17, 15) is 36.3 Å². The van der Waals surface area contributed by atoms with Crippen LogP contribution in [0.3, 0.4) is 0 Å². The Morgan fingerprint density at radius 1 is 0.943 bits per heavy atom. The van der Waals surface area contributed by atoms with Crippen LogP contribution < -0.4 is 10.0 Å². The van der Waals surface area contributed by atoms with Gasteiger partial charge >= 0.3 is 17.9 Å². The van der Waals surface area contributed by atoms with Crippen LogP contribution in [-0.4, -0.2) is 16.1 Å². The number of H-pyrrole nitrogens is 1. The number of nitrogens with zero attached hydrogens (tertiary/aromatic N) is 1. The maximum Gasteiger partial charge on any atom is 0.416 e. The Balaban J connectivity index is 1.72. The Morgan fingerprint density at radius 3 is 2.26 bits per heavy atom. The lowest BCUT2D eigenvalue weighted by atomic mass is 10.0. The number of hydrogen-bond donors (Lipinski definition) is 3. The number of carbonyl (C=O) groups excluding carboxylic acids is 1. The number of rotatable bonds is 4. The lowest BCUT2D eigenvalue weighted by Gasteiger charge is -2.09. The molecule has 0 aliphatic heterocycles. The number of benzene rings is 3. The van der Waals surface area contributed by atoms with Gasteiger partial charge in [0.2, 0.25) is 0 Å². The van der Waals surface area contributed by atoms with Crippen LogP contribution in [0.4, 0.5) is 32.0 Å². The van der Waals surface area contributed by atoms with Crippen molar-refractivity contribution in [2.24, 2.45) is 0 Å². The number of nitrogens with one attached hydrogen (secondary N) is 2. The molecule has 0 bridgehead atoms. The largest absolute Gasteiger partial charge is 0.416 e. The predicted octanol–water partition coefficient (Wildman–Crippen LogP) is 5.87. The fraction of sp³-hybridized carbons (Fsp3) is 0.0833. The molecule has 4 aromatic rings. The topological polar surface area (TPSA) is 69.0 Å². The molecule has 11 heteroatoms. The van der Waals surface area contributed by atoms with E-state index in [2.05, 4.69) is 10.3 Å². The number of imidazole rings is 1. The third-order valence-corrected chi connectivity index (χ3v) is 5.22. The zero-order chi connectivity index (χ0) is 25.5. The number of amides is 1. The fourth-order valence-corrected chi connectivity index (χ4v) is 3.61. The highest BCUT2D eigenvalue weighted by Crippen LogP contribution is 2.32. The average Bonchev–Trinajstić information content (AvgIpc) is 3.08. The molecule has 0 aliphatic rings. The summed E-state index contributed by atoms with van der Waals surface area (Å²) in [6.07, 6.45) is -4.63. The third-order valence-electron chi connectivity index (χ3n) is 5.22. The van der Waals surface area contributed by atoms with Gasteiger partial charge < -0.3 is 10.5 Å². The van der Waals surface area contributed by atoms with Crippen LogP contribution in [0.2, 0.25) is 0 Å². The van der Waals surface area contributed by atoms with Gasteiger partial charge in [0.05, 0.1) is 11.1 Å². The monoisotopic (exact) mass is 492 g/mol. The fourth-order valence-electron chi connectivity index (χ4n) is 3.61. The highest BCUT2D eigenvalue weighted by atomic mass is 19.4. The minimum absolute atomic E-state index is 0.0285. The molecule has 35 heavy (non-hydrogen) atoms. The van der Waals surface area contributed by atoms with Crippen molar-refractivity contribution in [1.82, 2.24) is 4.98 Å². The van der Waals surface area contributed by atoms with Gasteiger partial charge in [0.1, 0.15) is 23.0 Å². The summed E-state index contributed by atoms with van der Waals surface area (Å²) in [6.45, 7) is 1.37. The SMILES string of the molecule is Cc1[nH]c(-c2cc(-c3c(F)cccc3F)ccc2F)[n+](O)c1C(=O)Nc1cccc(C(F)(F)F)c1. The van der Waals surface area contributed by atoms with Crippen LogP contribution in [0.1, 0.15) is 21.7 Å². The molecule has 1 aromatic heterocycles. The Morgan fingerprint density at radius 2 is 1.60 bits per heavy atom. The lowest BCUT2D eigenvalue weighted by molar-refractivity contribution is -0.896. The number of aromatic amines is 1. The average molecular weight is 492 g/mol. The van der Waals surface area contributed by atoms with Crippen molar-refractivity contribution in [3.05, 3.63) is 95.1 Å². The number of anilines is 1. The summed E-state index contributed by atoms with van der Waals surface area (Å²) in [7, 11) is 0. The van der Waals surface area contributed by atoms with Crippen molar-refractivity contribution in [3.8, 4) is 22.5 Å². The van der Waals surface area contributed by atoms with Crippen molar-refractivity contribution in [1.29, 1.82) is 0 Å². The maximum atomic E-state index is 14.7. The Kier molecular flexibility index (Phi) is 6.01. The molecular formula is C24H16F6N3O2+. The summed E-state index contributed by atoms with van der Waals surface area (Å²) in [5.74, 6) is -3.96. The lowest BCUT2D eigenvalue weighted by Crippen LogP contribution is -2.39. The number of aromatic nitrogens is 2. The summed E-state index contributed by atoms with van der Waals surface area (Å²) in [6, 6.07) is 10.3. The zero-order valence-electron chi connectivity index (χ0n) is 17.8. The normalized spacial score (nSPS) is 11.5. The standard InChI is InChI=1S/C24H15F6N3O2/c1-12-21(23(34)32-15-5-2-4-14(11-15)24(28,29)30)33(35)22(31-12)16-10-13(8-9-17(16)25)20-18(26)6-3-7-19(20)27/h2-11,35H,1H3,(H,32,34)/p+1. The van der Waals surface area contributed by atoms with E-state index in [1.807, 2.05) is 0 Å². The van der Waals surface area contributed by atoms with Gasteiger partial charge in [-0.2, -0.15) is 13.2 Å². The van der Waals surface area contributed by atoms with Gasteiger partial charge in [-0.1, -0.05) is 18.2 Å². The molecule has 0 spiro atoms. The first-order chi connectivity index (χ1) is 16.5. The van der Waals surface area contributed by atoms with Crippen LogP contribution in [0, 0.1) is 24.4 Å². The van der Waals surface area contributed by atoms with Crippen molar-refractivity contribution in [3.63, 3.8) is 0 Å². The van der Waals surface area contributed by atoms with Gasteiger partial charge in [-0.3, -0.25) is 4.79 Å². The molecule has 3 N–H and O–H groups in total. The summed E-state index contributed by atoms with van der Waals surface area (Å²) >= 11 is 0. The van der Waals surface area contributed by atoms with Crippen LogP contribution in [0.15, 0.2) is 60.7 Å². The van der Waals surface area contributed by atoms with Crippen molar-refractivity contribution in [2.75, 3.05) is 5.32 Å². The molecule has 1 amide bonds. The number of aryl methyl sites for hydroxylation is 1. The van der Waals surface area contributed by atoms with E-state index in [0.29, 0.717) is 10.8 Å². The quantitative estimate of drug-likeness (QED) is 0.190. The number of carbonyl (C=O) groups is 1. The second-order valence-corrected chi connectivity index (χ2v) is 7.58. The summed E-state index contributed by atoms with van der Waals surface area (Å²) in [5, 5.41) is 12.9. The molecule has 0 atom stereocenters. The summed E-state index contributed by atoms with van der Waals surface area (Å²) in [5.41, 5.74) is -2.29. The molecule has 0 unspecified atom stereocenters. The van der Waals surface area contributed by atoms with Gasteiger partial charge in [0, 0.05) is 12.6 Å². The Bertz CT molecular complexity index is 1430. The maximum absolute atomic E-state index is 14.7. The smallest absolute Gasteiger partial charge is 0.349 e. The first-order valence-electron chi connectivity index (χ1n) is 10.0. The van der Waals surface area contributed by atoms with Crippen LogP contribution in [0.5, 0.6) is 0 Å². The predicted molar refractivity (Wildman–Crippen MR) is 113 cm³/mol. The van der Waals surface area contributed by atoms with E-state index < -0.39 is 46.4 Å². The van der Waals surface area contributed by atoms with Gasteiger partial charge in [-0.05, 0) is 52.8 Å². The molecule has 0 radical (unpaired) electrons. The minimum Gasteiger partial charge on any atom is -0.349 e. The van der Waals surface area contributed by atoms with E-state index in [1.165, 1.54) is 19.1 Å². The van der Waals surface area contributed by atoms with E-state index >= 15 is 0 Å². The van der Waals surface area contributed by atoms with E-state index in [-0.39, 0.29) is 28.3 Å². The second kappa shape index (κ2) is 8.82. The molecule has 3 aromatic carbocycles. The van der Waals surface area contributed by atoms with Crippen molar-refractivity contribution in [2.45, 2.75) is 13.1 Å². The third kappa shape index (κ3) is 4.57. The molecule has 5 nitrogen and oxygen atoms in total. The highest BCUT2D eigenvalue weighted by molar-refractivity contribution is 6.02. The minimum atomic E-state index is -4.63. The van der Waals surface area contributed by atoms with Crippen LogP contribution in [-0.2, 0) is 6.18 Å². The molecule has 0 aliphatic carbocycles. The molecule has 1 heterocycles. The highest BCUT2D eigenvalue weighted by Gasteiger charge is 2.33. The number of halogens is 6. The van der Waals surface area contributed by atoms with Gasteiger partial charge in [-0.15, -0.1) is 0 Å². The molecule has 0 fully saturated rings. The van der Waals surface area contributed by atoms with Crippen molar-refractivity contribution >= 4 is 11.6 Å². The van der Waals surface area contributed by atoms with E-state index in [0.717, 1.165) is 42.5 Å². The van der Waals surface area contributed by atoms with Gasteiger partial charge in [-0.25, -0.2) is 18.2 Å². The van der Waals surface area contributed by atoms with E-state index in [1.54, 1.807) is 0 Å². The molecule has 0 saturated carbocycles. The van der Waals surface area contributed by atoms with Crippen molar-refractivity contribution < 1.29 is 41.1 Å². The zero-order valence-corrected chi connectivity index (χ0v) is 17.8.